The van der Waals surface area contributed by atoms with Crippen LogP contribution in [0.25, 0.3) is 11.0 Å². The summed E-state index contributed by atoms with van der Waals surface area (Å²) in [5.74, 6) is -1.24. The first-order valence-electron chi connectivity index (χ1n) is 9.99. The fourth-order valence-electron chi connectivity index (χ4n) is 3.61. The molecule has 0 saturated carbocycles. The number of carbonyl (C=O) groups is 1. The molecule has 1 aliphatic heterocycles. The molecule has 1 saturated heterocycles. The van der Waals surface area contributed by atoms with Gasteiger partial charge < -0.3 is 4.74 Å². The smallest absolute Gasteiger partial charge is 0.309 e. The van der Waals surface area contributed by atoms with Crippen LogP contribution in [-0.2, 0) is 26.2 Å². The molecule has 4 rings (SSSR count). The number of fused-ring (bicyclic) bond motifs is 1. The minimum absolute atomic E-state index is 0.0244. The van der Waals surface area contributed by atoms with Crippen LogP contribution in [0.15, 0.2) is 53.4 Å². The Balaban J connectivity index is 1.35. The number of rotatable bonds is 5. The molecule has 0 N–H and O–H groups in total. The van der Waals surface area contributed by atoms with Crippen molar-refractivity contribution in [3.05, 3.63) is 65.7 Å². The zero-order valence-corrected chi connectivity index (χ0v) is 17.8. The third kappa shape index (κ3) is 4.57. The molecule has 1 aromatic heterocycles. The first-order valence-corrected chi connectivity index (χ1v) is 11.4. The topological polar surface area (TPSA) is 89.5 Å². The van der Waals surface area contributed by atoms with Gasteiger partial charge in [-0.15, -0.1) is 0 Å². The van der Waals surface area contributed by atoms with E-state index >= 15 is 0 Å². The lowest BCUT2D eigenvalue weighted by Crippen LogP contribution is -2.40. The lowest BCUT2D eigenvalue weighted by Gasteiger charge is -2.30. The molecule has 162 valence electrons. The van der Waals surface area contributed by atoms with Gasteiger partial charge >= 0.3 is 5.97 Å². The number of benzene rings is 2. The Morgan fingerprint density at radius 2 is 1.68 bits per heavy atom. The second kappa shape index (κ2) is 8.68. The number of aromatic nitrogens is 2. The van der Waals surface area contributed by atoms with Crippen LogP contribution in [0.5, 0.6) is 0 Å². The van der Waals surface area contributed by atoms with E-state index in [1.165, 1.54) is 16.4 Å². The lowest BCUT2D eigenvalue weighted by atomic mass is 9.98. The number of sulfonamides is 1. The van der Waals surface area contributed by atoms with Gasteiger partial charge in [-0.05, 0) is 56.2 Å². The number of hydrogen-bond acceptors (Lipinski definition) is 6. The molecule has 7 nitrogen and oxygen atoms in total. The molecule has 2 aromatic carbocycles. The first kappa shape index (κ1) is 21.3. The quantitative estimate of drug-likeness (QED) is 0.563. The first-order chi connectivity index (χ1) is 14.8. The number of piperidine rings is 1. The molecule has 0 atom stereocenters. The molecule has 31 heavy (non-hydrogen) atoms. The molecule has 0 unspecified atom stereocenters. The van der Waals surface area contributed by atoms with E-state index in [-0.39, 0.29) is 36.5 Å². The van der Waals surface area contributed by atoms with Crippen molar-refractivity contribution in [2.75, 3.05) is 13.1 Å². The predicted molar refractivity (Wildman–Crippen MR) is 112 cm³/mol. The van der Waals surface area contributed by atoms with E-state index < -0.39 is 15.8 Å². The van der Waals surface area contributed by atoms with Crippen LogP contribution in [0.3, 0.4) is 0 Å². The maximum atomic E-state index is 13.1. The lowest BCUT2D eigenvalue weighted by molar-refractivity contribution is -0.151. The van der Waals surface area contributed by atoms with Crippen LogP contribution in [0.1, 0.15) is 24.2 Å². The van der Waals surface area contributed by atoms with Gasteiger partial charge in [-0.1, -0.05) is 12.1 Å². The maximum Gasteiger partial charge on any atom is 0.309 e. The summed E-state index contributed by atoms with van der Waals surface area (Å²) in [6.45, 7) is 2.25. The summed E-state index contributed by atoms with van der Waals surface area (Å²) in [6, 6.07) is 12.2. The largest absolute Gasteiger partial charge is 0.459 e. The van der Waals surface area contributed by atoms with Crippen molar-refractivity contribution in [1.82, 2.24) is 14.3 Å². The van der Waals surface area contributed by atoms with Crippen LogP contribution in [0.4, 0.5) is 4.39 Å². The molecule has 1 fully saturated rings. The summed E-state index contributed by atoms with van der Waals surface area (Å²) in [4.78, 5) is 21.6. The van der Waals surface area contributed by atoms with Crippen LogP contribution in [0.2, 0.25) is 0 Å². The van der Waals surface area contributed by atoms with E-state index in [1.807, 2.05) is 31.2 Å². The Morgan fingerprint density at radius 3 is 2.32 bits per heavy atom. The van der Waals surface area contributed by atoms with E-state index in [1.54, 1.807) is 0 Å². The van der Waals surface area contributed by atoms with Crippen molar-refractivity contribution < 1.29 is 22.3 Å². The molecule has 9 heteroatoms. The Kier molecular flexibility index (Phi) is 5.97. The van der Waals surface area contributed by atoms with Crippen LogP contribution < -0.4 is 0 Å². The highest BCUT2D eigenvalue weighted by atomic mass is 32.2. The molecule has 0 spiro atoms. The highest BCUT2D eigenvalue weighted by Crippen LogP contribution is 2.25. The number of halogens is 1. The third-order valence-corrected chi connectivity index (χ3v) is 7.35. The highest BCUT2D eigenvalue weighted by molar-refractivity contribution is 7.89. The van der Waals surface area contributed by atoms with Crippen LogP contribution >= 0.6 is 0 Å². The zero-order valence-electron chi connectivity index (χ0n) is 17.0. The number of ether oxygens (including phenoxy) is 1. The molecule has 0 amide bonds. The summed E-state index contributed by atoms with van der Waals surface area (Å²) < 4.78 is 45.3. The number of hydrogen-bond donors (Lipinski definition) is 0. The third-order valence-electron chi connectivity index (χ3n) is 5.43. The number of esters is 1. The van der Waals surface area contributed by atoms with Crippen molar-refractivity contribution in [3.8, 4) is 0 Å². The van der Waals surface area contributed by atoms with Gasteiger partial charge in [0.15, 0.2) is 0 Å². The predicted octanol–water partition coefficient (Wildman–Crippen LogP) is 3.22. The summed E-state index contributed by atoms with van der Waals surface area (Å²) in [5, 5.41) is 0. The maximum absolute atomic E-state index is 13.1. The number of aryl methyl sites for hydroxylation is 1. The molecule has 1 aliphatic rings. The molecular weight excluding hydrogens is 421 g/mol. The average Bonchev–Trinajstić information content (AvgIpc) is 2.78. The molecule has 3 aromatic rings. The normalized spacial score (nSPS) is 15.8. The van der Waals surface area contributed by atoms with E-state index in [9.17, 15) is 17.6 Å². The summed E-state index contributed by atoms with van der Waals surface area (Å²) >= 11 is 0. The van der Waals surface area contributed by atoms with Gasteiger partial charge in [-0.3, -0.25) is 4.79 Å². The monoisotopic (exact) mass is 443 g/mol. The zero-order chi connectivity index (χ0) is 22.0. The van der Waals surface area contributed by atoms with Gasteiger partial charge in [0.1, 0.15) is 12.4 Å². The van der Waals surface area contributed by atoms with Gasteiger partial charge in [0.2, 0.25) is 10.0 Å². The Hall–Kier alpha value is -2.91. The van der Waals surface area contributed by atoms with Crippen molar-refractivity contribution in [3.63, 3.8) is 0 Å². The Labute approximate surface area is 179 Å². The van der Waals surface area contributed by atoms with Gasteiger partial charge in [0, 0.05) is 13.1 Å². The summed E-state index contributed by atoms with van der Waals surface area (Å²) in [5.41, 5.74) is 2.82. The van der Waals surface area contributed by atoms with E-state index in [0.29, 0.717) is 24.2 Å². The fraction of sp³-hybridized carbons (Fsp3) is 0.318. The molecule has 0 bridgehead atoms. The fourth-order valence-corrected chi connectivity index (χ4v) is 5.08. The standard InChI is InChI=1S/C22H22FN3O4S/c1-15-21(25-20-5-3-2-4-19(20)24-15)14-30-22(27)16-10-12-26(13-11-16)31(28,29)18-8-6-17(23)7-9-18/h2-9,16H,10-14H2,1H3. The van der Waals surface area contributed by atoms with Crippen molar-refractivity contribution in [1.29, 1.82) is 0 Å². The molecular formula is C22H22FN3O4S. The van der Waals surface area contributed by atoms with Crippen LogP contribution in [0, 0.1) is 18.7 Å². The molecule has 2 heterocycles. The van der Waals surface area contributed by atoms with E-state index in [2.05, 4.69) is 9.97 Å². The summed E-state index contributed by atoms with van der Waals surface area (Å²) in [7, 11) is -3.71. The Bertz CT molecular complexity index is 1210. The van der Waals surface area contributed by atoms with E-state index in [0.717, 1.165) is 23.2 Å². The Morgan fingerprint density at radius 1 is 1.06 bits per heavy atom. The van der Waals surface area contributed by atoms with Crippen LogP contribution in [-0.4, -0.2) is 41.7 Å². The summed E-state index contributed by atoms with van der Waals surface area (Å²) in [6.07, 6.45) is 0.725. The number of nitrogens with zero attached hydrogens (tertiary/aromatic N) is 3. The highest BCUT2D eigenvalue weighted by Gasteiger charge is 2.33. The second-order valence-corrected chi connectivity index (χ2v) is 9.42. The minimum Gasteiger partial charge on any atom is -0.459 e. The van der Waals surface area contributed by atoms with Gasteiger partial charge in [0.25, 0.3) is 0 Å². The van der Waals surface area contributed by atoms with E-state index in [4.69, 9.17) is 4.74 Å². The van der Waals surface area contributed by atoms with Crippen molar-refractivity contribution in [2.24, 2.45) is 5.92 Å². The van der Waals surface area contributed by atoms with Gasteiger partial charge in [-0.2, -0.15) is 4.31 Å². The number of carbonyl (C=O) groups excluding carboxylic acids is 1. The van der Waals surface area contributed by atoms with Crippen molar-refractivity contribution >= 4 is 27.0 Å². The van der Waals surface area contributed by atoms with Gasteiger partial charge in [-0.25, -0.2) is 22.8 Å². The number of para-hydroxylation sites is 2. The average molecular weight is 444 g/mol. The molecule has 0 aliphatic carbocycles. The SMILES string of the molecule is Cc1nc2ccccc2nc1COC(=O)C1CCN(S(=O)(=O)c2ccc(F)cc2)CC1. The second-order valence-electron chi connectivity index (χ2n) is 7.48. The van der Waals surface area contributed by atoms with Gasteiger partial charge in [0.05, 0.1) is 33.2 Å². The minimum atomic E-state index is -3.71. The molecule has 0 radical (unpaired) electrons. The van der Waals surface area contributed by atoms with Crippen molar-refractivity contribution in [2.45, 2.75) is 31.3 Å².